The fourth-order valence-electron chi connectivity index (χ4n) is 2.58. The minimum absolute atomic E-state index is 0.0265. The number of hydrogen-bond acceptors (Lipinski definition) is 3. The van der Waals surface area contributed by atoms with E-state index >= 15 is 0 Å². The minimum atomic E-state index is -4.58. The molecule has 2 unspecified atom stereocenters. The number of amides is 1. The van der Waals surface area contributed by atoms with Crippen LogP contribution in [0.2, 0.25) is 10.0 Å². The highest BCUT2D eigenvalue weighted by molar-refractivity contribution is 7.86. The van der Waals surface area contributed by atoms with Crippen LogP contribution in [0.5, 0.6) is 0 Å². The van der Waals surface area contributed by atoms with Gasteiger partial charge in [-0.25, -0.2) is 0 Å². The van der Waals surface area contributed by atoms with Gasteiger partial charge in [-0.2, -0.15) is 8.42 Å². The van der Waals surface area contributed by atoms with Gasteiger partial charge < -0.3 is 4.90 Å². The van der Waals surface area contributed by atoms with Gasteiger partial charge in [0.1, 0.15) is 0 Å². The molecule has 1 aliphatic heterocycles. The summed E-state index contributed by atoms with van der Waals surface area (Å²) in [5.74, 6) is -1.36. The van der Waals surface area contributed by atoms with Crippen LogP contribution in [0.15, 0.2) is 18.2 Å². The molecule has 0 radical (unpaired) electrons. The van der Waals surface area contributed by atoms with Gasteiger partial charge in [0.2, 0.25) is 5.91 Å². The molecule has 1 fully saturated rings. The molecule has 1 aromatic carbocycles. The Morgan fingerprint density at radius 3 is 2.67 bits per heavy atom. The summed E-state index contributed by atoms with van der Waals surface area (Å²) >= 11 is 11.9. The van der Waals surface area contributed by atoms with Crippen LogP contribution in [-0.2, 0) is 15.0 Å². The highest BCUT2D eigenvalue weighted by atomic mass is 35.5. The van der Waals surface area contributed by atoms with Crippen LogP contribution in [0.25, 0.3) is 0 Å². The summed E-state index contributed by atoms with van der Waals surface area (Å²) in [5, 5.41) is 0.925. The fraction of sp³-hybridized carbons (Fsp3) is 0.462. The molecule has 2 rings (SSSR count). The minimum Gasteiger partial charge on any atom is -0.336 e. The summed E-state index contributed by atoms with van der Waals surface area (Å²) in [6.07, 6.45) is 0.0265. The van der Waals surface area contributed by atoms with Crippen LogP contribution in [0.3, 0.4) is 0 Å². The molecule has 0 aliphatic carbocycles. The number of hydrogen-bond donors (Lipinski definition) is 0. The van der Waals surface area contributed by atoms with Crippen molar-refractivity contribution in [1.82, 2.24) is 4.90 Å². The van der Waals surface area contributed by atoms with E-state index < -0.39 is 21.9 Å². The SMILES string of the molecule is CC(c1ccc(Cl)cc1Cl)N1CC(CS(=O)(=O)F)CC1=O. The van der Waals surface area contributed by atoms with Crippen molar-refractivity contribution in [3.63, 3.8) is 0 Å². The summed E-state index contributed by atoms with van der Waals surface area (Å²) in [4.78, 5) is 13.5. The lowest BCUT2D eigenvalue weighted by molar-refractivity contribution is -0.129. The first-order valence-electron chi connectivity index (χ1n) is 6.34. The van der Waals surface area contributed by atoms with E-state index in [1.807, 2.05) is 0 Å². The molecule has 0 saturated carbocycles. The van der Waals surface area contributed by atoms with Gasteiger partial charge in [0.15, 0.2) is 0 Å². The molecule has 8 heteroatoms. The second kappa shape index (κ2) is 6.10. The van der Waals surface area contributed by atoms with Crippen molar-refractivity contribution < 1.29 is 17.1 Å². The summed E-state index contributed by atoms with van der Waals surface area (Å²) in [6, 6.07) is 4.65. The third-order valence-corrected chi connectivity index (χ3v) is 4.99. The molecule has 1 aliphatic rings. The molecule has 0 aromatic heterocycles. The van der Waals surface area contributed by atoms with Crippen molar-refractivity contribution in [1.29, 1.82) is 0 Å². The highest BCUT2D eigenvalue weighted by Gasteiger charge is 2.36. The zero-order valence-corrected chi connectivity index (χ0v) is 13.6. The van der Waals surface area contributed by atoms with Crippen LogP contribution in [0, 0.1) is 5.92 Å². The molecule has 0 spiro atoms. The number of benzene rings is 1. The molecule has 1 saturated heterocycles. The maximum Gasteiger partial charge on any atom is 0.302 e. The van der Waals surface area contributed by atoms with Gasteiger partial charge in [0.25, 0.3) is 0 Å². The largest absolute Gasteiger partial charge is 0.336 e. The normalized spacial score (nSPS) is 20.9. The number of halogens is 3. The topological polar surface area (TPSA) is 54.5 Å². The van der Waals surface area contributed by atoms with E-state index in [2.05, 4.69) is 0 Å². The maximum atomic E-state index is 12.7. The quantitative estimate of drug-likeness (QED) is 0.781. The van der Waals surface area contributed by atoms with Crippen LogP contribution < -0.4 is 0 Å². The van der Waals surface area contributed by atoms with E-state index in [1.165, 1.54) is 4.90 Å². The zero-order chi connectivity index (χ0) is 15.8. The van der Waals surface area contributed by atoms with E-state index in [0.29, 0.717) is 10.0 Å². The molecule has 0 bridgehead atoms. The van der Waals surface area contributed by atoms with Crippen LogP contribution in [-0.4, -0.2) is 31.5 Å². The standard InChI is InChI=1S/C13H14Cl2FNO3S/c1-8(11-3-2-10(14)5-12(11)15)17-6-9(4-13(17)18)7-21(16,19)20/h2-3,5,8-9H,4,6-7H2,1H3. The molecule has 4 nitrogen and oxygen atoms in total. The van der Waals surface area contributed by atoms with Crippen molar-refractivity contribution in [2.24, 2.45) is 5.92 Å². The van der Waals surface area contributed by atoms with Crippen molar-refractivity contribution in [3.05, 3.63) is 33.8 Å². The molecule has 1 amide bonds. The summed E-state index contributed by atoms with van der Waals surface area (Å²) < 4.78 is 34.1. The Labute approximate surface area is 133 Å². The predicted molar refractivity (Wildman–Crippen MR) is 79.6 cm³/mol. The summed E-state index contributed by atoms with van der Waals surface area (Å²) in [6.45, 7) is 1.99. The van der Waals surface area contributed by atoms with E-state index in [1.54, 1.807) is 25.1 Å². The van der Waals surface area contributed by atoms with Gasteiger partial charge >= 0.3 is 10.2 Å². The van der Waals surface area contributed by atoms with Gasteiger partial charge in [0, 0.05) is 28.9 Å². The highest BCUT2D eigenvalue weighted by Crippen LogP contribution is 2.33. The molecular formula is C13H14Cl2FNO3S. The Morgan fingerprint density at radius 2 is 2.10 bits per heavy atom. The Hall–Kier alpha value is -0.850. The smallest absolute Gasteiger partial charge is 0.302 e. The lowest BCUT2D eigenvalue weighted by atomic mass is 10.1. The number of carbonyl (C=O) groups is 1. The van der Waals surface area contributed by atoms with Crippen LogP contribution in [0.1, 0.15) is 24.9 Å². The zero-order valence-electron chi connectivity index (χ0n) is 11.2. The number of rotatable bonds is 4. The molecule has 1 aromatic rings. The average molecular weight is 354 g/mol. The molecule has 21 heavy (non-hydrogen) atoms. The first-order valence-corrected chi connectivity index (χ1v) is 8.65. The van der Waals surface area contributed by atoms with E-state index in [-0.39, 0.29) is 24.9 Å². The van der Waals surface area contributed by atoms with Crippen LogP contribution in [0.4, 0.5) is 3.89 Å². The Balaban J connectivity index is 2.16. The van der Waals surface area contributed by atoms with Gasteiger partial charge in [-0.05, 0) is 24.6 Å². The first kappa shape index (κ1) is 16.5. The van der Waals surface area contributed by atoms with Crippen LogP contribution >= 0.6 is 23.2 Å². The van der Waals surface area contributed by atoms with E-state index in [9.17, 15) is 17.1 Å². The van der Waals surface area contributed by atoms with Gasteiger partial charge in [-0.1, -0.05) is 29.3 Å². The molecule has 2 atom stereocenters. The number of likely N-dealkylation sites (tertiary alicyclic amines) is 1. The maximum absolute atomic E-state index is 12.7. The van der Waals surface area contributed by atoms with Crippen molar-refractivity contribution >= 4 is 39.3 Å². The predicted octanol–water partition coefficient (Wildman–Crippen LogP) is 3.20. The summed E-state index contributed by atoms with van der Waals surface area (Å²) in [5.41, 5.74) is 0.721. The van der Waals surface area contributed by atoms with Gasteiger partial charge in [-0.3, -0.25) is 4.79 Å². The fourth-order valence-corrected chi connectivity index (χ4v) is 3.94. The third kappa shape index (κ3) is 4.08. The second-order valence-electron chi connectivity index (χ2n) is 5.16. The lowest BCUT2D eigenvalue weighted by Crippen LogP contribution is -2.29. The Bertz CT molecular complexity index is 665. The Morgan fingerprint density at radius 1 is 1.43 bits per heavy atom. The van der Waals surface area contributed by atoms with Crippen molar-refractivity contribution in [2.75, 3.05) is 12.3 Å². The first-order chi connectivity index (χ1) is 9.67. The molecule has 0 N–H and O–H groups in total. The third-order valence-electron chi connectivity index (χ3n) is 3.55. The van der Waals surface area contributed by atoms with E-state index in [4.69, 9.17) is 23.2 Å². The molecule has 116 valence electrons. The average Bonchev–Trinajstić information content (AvgIpc) is 2.66. The van der Waals surface area contributed by atoms with Gasteiger partial charge in [0.05, 0.1) is 11.8 Å². The monoisotopic (exact) mass is 353 g/mol. The Kier molecular flexibility index (Phi) is 4.80. The molecular weight excluding hydrogens is 340 g/mol. The summed E-state index contributed by atoms with van der Waals surface area (Å²) in [7, 11) is -4.58. The van der Waals surface area contributed by atoms with Crippen molar-refractivity contribution in [3.8, 4) is 0 Å². The van der Waals surface area contributed by atoms with Gasteiger partial charge in [-0.15, -0.1) is 3.89 Å². The molecule has 1 heterocycles. The lowest BCUT2D eigenvalue weighted by Gasteiger charge is -2.26. The number of carbonyl (C=O) groups excluding carboxylic acids is 1. The second-order valence-corrected chi connectivity index (χ2v) is 7.42. The van der Waals surface area contributed by atoms with E-state index in [0.717, 1.165) is 5.56 Å². The van der Waals surface area contributed by atoms with Crippen molar-refractivity contribution in [2.45, 2.75) is 19.4 Å². The number of nitrogens with zero attached hydrogens (tertiary/aromatic N) is 1.